The first-order chi connectivity index (χ1) is 14.0. The van der Waals surface area contributed by atoms with Gasteiger partial charge in [-0.2, -0.15) is 0 Å². The smallest absolute Gasteiger partial charge is 0.267 e. The van der Waals surface area contributed by atoms with Gasteiger partial charge in [-0.25, -0.2) is 0 Å². The van der Waals surface area contributed by atoms with Gasteiger partial charge in [-0.05, 0) is 49.2 Å². The van der Waals surface area contributed by atoms with Crippen LogP contribution in [-0.2, 0) is 9.53 Å². The summed E-state index contributed by atoms with van der Waals surface area (Å²) in [6.45, 7) is 8.28. The van der Waals surface area contributed by atoms with Crippen molar-refractivity contribution in [3.63, 3.8) is 0 Å². The van der Waals surface area contributed by atoms with Crippen LogP contribution in [0.5, 0.6) is 0 Å². The van der Waals surface area contributed by atoms with Crippen LogP contribution in [-0.4, -0.2) is 56.1 Å². The molecule has 1 aliphatic heterocycles. The lowest BCUT2D eigenvalue weighted by Gasteiger charge is -2.26. The Morgan fingerprint density at radius 2 is 1.93 bits per heavy atom. The number of amides is 2. The second kappa shape index (κ2) is 10.0. The number of nitrogens with one attached hydrogen (secondary N) is 2. The number of carbonyl (C=O) groups excluding carboxylic acids is 2. The number of hydrogen-bond donors (Lipinski definition) is 2. The fourth-order valence-corrected chi connectivity index (χ4v) is 3.00. The van der Waals surface area contributed by atoms with Crippen molar-refractivity contribution < 1.29 is 18.7 Å². The van der Waals surface area contributed by atoms with E-state index in [1.54, 1.807) is 18.2 Å². The summed E-state index contributed by atoms with van der Waals surface area (Å²) >= 11 is 0. The Hall–Kier alpha value is -2.90. The first-order valence-corrected chi connectivity index (χ1v) is 9.75. The van der Waals surface area contributed by atoms with Gasteiger partial charge in [0.1, 0.15) is 11.5 Å². The summed E-state index contributed by atoms with van der Waals surface area (Å²) < 4.78 is 10.6. The van der Waals surface area contributed by atoms with E-state index in [4.69, 9.17) is 9.15 Å². The van der Waals surface area contributed by atoms with Crippen molar-refractivity contribution in [3.8, 4) is 0 Å². The second-order valence-electron chi connectivity index (χ2n) is 7.04. The molecule has 3 rings (SSSR count). The third kappa shape index (κ3) is 6.04. The lowest BCUT2D eigenvalue weighted by molar-refractivity contribution is -0.117. The van der Waals surface area contributed by atoms with E-state index in [0.717, 1.165) is 30.8 Å². The molecule has 2 amide bonds. The maximum Gasteiger partial charge on any atom is 0.267 e. The molecule has 0 aliphatic carbocycles. The minimum absolute atomic E-state index is 0.144. The molecule has 0 atom stereocenters. The average Bonchev–Trinajstić information content (AvgIpc) is 3.23. The Morgan fingerprint density at radius 1 is 1.14 bits per heavy atom. The van der Waals surface area contributed by atoms with Gasteiger partial charge in [0, 0.05) is 37.8 Å². The number of ether oxygens (including phenoxy) is 1. The number of rotatable bonds is 7. The van der Waals surface area contributed by atoms with Gasteiger partial charge < -0.3 is 19.8 Å². The van der Waals surface area contributed by atoms with E-state index in [9.17, 15) is 9.59 Å². The maximum absolute atomic E-state index is 12.7. The summed E-state index contributed by atoms with van der Waals surface area (Å²) in [7, 11) is 0. The summed E-state index contributed by atoms with van der Waals surface area (Å²) in [5, 5.41) is 5.60. The van der Waals surface area contributed by atoms with E-state index in [-0.39, 0.29) is 17.5 Å². The van der Waals surface area contributed by atoms with E-state index in [2.05, 4.69) is 15.5 Å². The highest BCUT2D eigenvalue weighted by molar-refractivity contribution is 6.05. The SMILES string of the molecule is Cc1ccc(C(=O)NC(=Cc2ccco2)C(=O)NCCN2CCOCC2)cc1C. The number of hydrogen-bond acceptors (Lipinski definition) is 5. The van der Waals surface area contributed by atoms with E-state index in [1.807, 2.05) is 26.0 Å². The molecule has 1 saturated heterocycles. The summed E-state index contributed by atoms with van der Waals surface area (Å²) in [4.78, 5) is 27.6. The number of benzene rings is 1. The molecule has 2 heterocycles. The van der Waals surface area contributed by atoms with Crippen molar-refractivity contribution in [3.05, 3.63) is 64.7 Å². The summed E-state index contributed by atoms with van der Waals surface area (Å²) in [5.41, 5.74) is 2.77. The Bertz CT molecular complexity index is 868. The molecule has 2 aromatic rings. The number of carbonyl (C=O) groups is 2. The van der Waals surface area contributed by atoms with Crippen molar-refractivity contribution >= 4 is 17.9 Å². The molecule has 0 radical (unpaired) electrons. The molecule has 0 bridgehead atoms. The molecule has 1 aliphatic rings. The zero-order valence-corrected chi connectivity index (χ0v) is 16.9. The molecule has 1 fully saturated rings. The minimum atomic E-state index is -0.355. The van der Waals surface area contributed by atoms with Crippen LogP contribution in [0.2, 0.25) is 0 Å². The molecule has 0 spiro atoms. The molecule has 0 saturated carbocycles. The third-order valence-electron chi connectivity index (χ3n) is 4.91. The van der Waals surface area contributed by atoms with E-state index in [0.29, 0.717) is 31.1 Å². The normalized spacial score (nSPS) is 15.2. The molecule has 154 valence electrons. The summed E-state index contributed by atoms with van der Waals surface area (Å²) in [5.74, 6) is -0.204. The first-order valence-electron chi connectivity index (χ1n) is 9.75. The zero-order chi connectivity index (χ0) is 20.6. The van der Waals surface area contributed by atoms with Crippen LogP contribution < -0.4 is 10.6 Å². The number of aryl methyl sites for hydroxylation is 2. The zero-order valence-electron chi connectivity index (χ0n) is 16.9. The predicted octanol–water partition coefficient (Wildman–Crippen LogP) is 2.12. The van der Waals surface area contributed by atoms with E-state index >= 15 is 0 Å². The molecule has 7 heteroatoms. The topological polar surface area (TPSA) is 83.8 Å². The van der Waals surface area contributed by atoms with E-state index < -0.39 is 0 Å². The third-order valence-corrected chi connectivity index (χ3v) is 4.91. The van der Waals surface area contributed by atoms with Gasteiger partial charge in [-0.1, -0.05) is 6.07 Å². The van der Waals surface area contributed by atoms with Gasteiger partial charge >= 0.3 is 0 Å². The Balaban J connectivity index is 1.66. The standard InChI is InChI=1S/C22H27N3O4/c1-16-5-6-18(14-17(16)2)21(26)24-20(15-19-4-3-11-29-19)22(27)23-7-8-25-9-12-28-13-10-25/h3-6,11,14-15H,7-10,12-13H2,1-2H3,(H,23,27)(H,24,26). The predicted molar refractivity (Wildman–Crippen MR) is 110 cm³/mol. The molecule has 7 nitrogen and oxygen atoms in total. The van der Waals surface area contributed by atoms with Crippen molar-refractivity contribution in [1.82, 2.24) is 15.5 Å². The highest BCUT2D eigenvalue weighted by Crippen LogP contribution is 2.11. The van der Waals surface area contributed by atoms with Crippen LogP contribution in [0.25, 0.3) is 6.08 Å². The quantitative estimate of drug-likeness (QED) is 0.699. The Kier molecular flexibility index (Phi) is 7.21. The largest absolute Gasteiger partial charge is 0.465 e. The summed E-state index contributed by atoms with van der Waals surface area (Å²) in [6.07, 6.45) is 3.05. The lowest BCUT2D eigenvalue weighted by Crippen LogP contribution is -2.42. The Morgan fingerprint density at radius 3 is 2.62 bits per heavy atom. The van der Waals surface area contributed by atoms with Gasteiger partial charge in [0.2, 0.25) is 0 Å². The molecular formula is C22H27N3O4. The Labute approximate surface area is 170 Å². The van der Waals surface area contributed by atoms with Crippen molar-refractivity contribution in [2.45, 2.75) is 13.8 Å². The van der Waals surface area contributed by atoms with Crippen molar-refractivity contribution in [2.75, 3.05) is 39.4 Å². The van der Waals surface area contributed by atoms with Crippen LogP contribution in [0.15, 0.2) is 46.7 Å². The molecule has 29 heavy (non-hydrogen) atoms. The van der Waals surface area contributed by atoms with Crippen LogP contribution in [0.1, 0.15) is 27.2 Å². The van der Waals surface area contributed by atoms with Crippen molar-refractivity contribution in [1.29, 1.82) is 0 Å². The monoisotopic (exact) mass is 397 g/mol. The van der Waals surface area contributed by atoms with Crippen LogP contribution >= 0.6 is 0 Å². The van der Waals surface area contributed by atoms with Gasteiger partial charge in [0.15, 0.2) is 0 Å². The molecular weight excluding hydrogens is 370 g/mol. The molecule has 0 unspecified atom stereocenters. The van der Waals surface area contributed by atoms with Crippen molar-refractivity contribution in [2.24, 2.45) is 0 Å². The highest BCUT2D eigenvalue weighted by Gasteiger charge is 2.16. The molecule has 1 aromatic heterocycles. The highest BCUT2D eigenvalue weighted by atomic mass is 16.5. The van der Waals surface area contributed by atoms with Gasteiger partial charge in [0.05, 0.1) is 19.5 Å². The van der Waals surface area contributed by atoms with Gasteiger partial charge in [0.25, 0.3) is 11.8 Å². The lowest BCUT2D eigenvalue weighted by atomic mass is 10.1. The number of furan rings is 1. The van der Waals surface area contributed by atoms with Crippen LogP contribution in [0.3, 0.4) is 0 Å². The number of morpholine rings is 1. The van der Waals surface area contributed by atoms with Gasteiger partial charge in [-0.3, -0.25) is 14.5 Å². The van der Waals surface area contributed by atoms with Gasteiger partial charge in [-0.15, -0.1) is 0 Å². The molecule has 1 aromatic carbocycles. The summed E-state index contributed by atoms with van der Waals surface area (Å²) in [6, 6.07) is 8.90. The minimum Gasteiger partial charge on any atom is -0.465 e. The van der Waals surface area contributed by atoms with E-state index in [1.165, 1.54) is 12.3 Å². The first kappa shape index (κ1) is 20.8. The molecule has 2 N–H and O–H groups in total. The fourth-order valence-electron chi connectivity index (χ4n) is 3.00. The van der Waals surface area contributed by atoms with Crippen LogP contribution in [0.4, 0.5) is 0 Å². The average molecular weight is 397 g/mol. The second-order valence-corrected chi connectivity index (χ2v) is 7.04. The maximum atomic E-state index is 12.7. The van der Waals surface area contributed by atoms with Crippen LogP contribution in [0, 0.1) is 13.8 Å². The fraction of sp³-hybridized carbons (Fsp3) is 0.364. The number of nitrogens with zero attached hydrogens (tertiary/aromatic N) is 1.